The molecule has 0 spiro atoms. The number of rotatable bonds is 3. The maximum atomic E-state index is 15.2. The van der Waals surface area contributed by atoms with Gasteiger partial charge in [0.05, 0.1) is 16.6 Å². The van der Waals surface area contributed by atoms with Crippen LogP contribution < -0.4 is 0 Å². The van der Waals surface area contributed by atoms with Crippen LogP contribution in [0.15, 0.2) is 140 Å². The molecular formula is C38H23F2N. The van der Waals surface area contributed by atoms with Crippen molar-refractivity contribution in [1.82, 2.24) is 4.57 Å². The van der Waals surface area contributed by atoms with Crippen molar-refractivity contribution in [3.8, 4) is 27.9 Å². The molecule has 0 unspecified atom stereocenters. The summed E-state index contributed by atoms with van der Waals surface area (Å²) in [7, 11) is 0. The van der Waals surface area contributed by atoms with E-state index in [1.54, 1.807) is 0 Å². The van der Waals surface area contributed by atoms with Crippen molar-refractivity contribution in [2.75, 3.05) is 0 Å². The van der Waals surface area contributed by atoms with E-state index in [0.29, 0.717) is 5.56 Å². The van der Waals surface area contributed by atoms with Crippen LogP contribution in [0.3, 0.4) is 0 Å². The second kappa shape index (κ2) is 9.14. The van der Waals surface area contributed by atoms with Gasteiger partial charge in [0.1, 0.15) is 11.6 Å². The van der Waals surface area contributed by atoms with Crippen LogP contribution in [0.1, 0.15) is 0 Å². The molecule has 0 aliphatic rings. The van der Waals surface area contributed by atoms with Crippen molar-refractivity contribution in [3.63, 3.8) is 0 Å². The Morgan fingerprint density at radius 2 is 0.756 bits per heavy atom. The molecule has 41 heavy (non-hydrogen) atoms. The van der Waals surface area contributed by atoms with Gasteiger partial charge in [0.25, 0.3) is 0 Å². The van der Waals surface area contributed by atoms with Gasteiger partial charge in [-0.25, -0.2) is 8.78 Å². The molecule has 0 atom stereocenters. The molecule has 0 radical (unpaired) electrons. The molecule has 8 aromatic rings. The zero-order chi connectivity index (χ0) is 27.5. The lowest BCUT2D eigenvalue weighted by atomic mass is 9.85. The fraction of sp³-hybridized carbons (Fsp3) is 0. The third-order valence-corrected chi connectivity index (χ3v) is 8.14. The molecule has 1 nitrogen and oxygen atoms in total. The van der Waals surface area contributed by atoms with E-state index >= 15 is 8.78 Å². The van der Waals surface area contributed by atoms with E-state index in [-0.39, 0.29) is 5.56 Å². The Kier molecular flexibility index (Phi) is 5.26. The zero-order valence-electron chi connectivity index (χ0n) is 22.0. The lowest BCUT2D eigenvalue weighted by molar-refractivity contribution is 0.590. The van der Waals surface area contributed by atoms with Crippen molar-refractivity contribution >= 4 is 43.4 Å². The normalized spacial score (nSPS) is 11.7. The minimum Gasteiger partial charge on any atom is -0.309 e. The minimum atomic E-state index is -0.566. The molecule has 7 aromatic carbocycles. The van der Waals surface area contributed by atoms with E-state index in [2.05, 4.69) is 77.4 Å². The van der Waals surface area contributed by atoms with Gasteiger partial charge in [-0.1, -0.05) is 103 Å². The van der Waals surface area contributed by atoms with Crippen molar-refractivity contribution < 1.29 is 8.78 Å². The minimum absolute atomic E-state index is 0.00756. The average molecular weight is 532 g/mol. The van der Waals surface area contributed by atoms with E-state index < -0.39 is 11.6 Å². The van der Waals surface area contributed by atoms with Gasteiger partial charge >= 0.3 is 0 Å². The summed E-state index contributed by atoms with van der Waals surface area (Å²) in [5.74, 6) is -1.13. The molecule has 0 saturated carbocycles. The summed E-state index contributed by atoms with van der Waals surface area (Å²) in [6, 6.07) is 45.4. The number of benzene rings is 7. The zero-order valence-corrected chi connectivity index (χ0v) is 22.0. The van der Waals surface area contributed by atoms with Crippen molar-refractivity contribution in [2.45, 2.75) is 0 Å². The quantitative estimate of drug-likeness (QED) is 0.200. The SMILES string of the molecule is Fc1cccc(F)c1-c1c2ccccc2c(-c2ccc(-n3c4ccccc4c4ccccc43)cc2)c2ccccc12. The largest absolute Gasteiger partial charge is 0.309 e. The van der Waals surface area contributed by atoms with Crippen LogP contribution in [-0.4, -0.2) is 4.57 Å². The molecule has 0 N–H and O–H groups in total. The summed E-state index contributed by atoms with van der Waals surface area (Å²) in [4.78, 5) is 0. The standard InChI is InChI=1S/C38H23F2N/c39-32-16-9-17-33(40)38(32)37-30-14-3-1-12-28(30)36(29-13-2-4-15-31(29)37)24-20-22-25(23-21-24)41-34-18-7-5-10-26(34)27-11-6-8-19-35(27)41/h1-23H. The smallest absolute Gasteiger partial charge is 0.134 e. The first kappa shape index (κ1) is 23.6. The van der Waals surface area contributed by atoms with E-state index in [1.165, 1.54) is 29.0 Å². The first-order chi connectivity index (χ1) is 20.2. The molecule has 3 heteroatoms. The summed E-state index contributed by atoms with van der Waals surface area (Å²) in [6.07, 6.45) is 0. The number of halogens is 2. The average Bonchev–Trinajstić information content (AvgIpc) is 3.35. The fourth-order valence-corrected chi connectivity index (χ4v) is 6.42. The Morgan fingerprint density at radius 3 is 1.24 bits per heavy atom. The highest BCUT2D eigenvalue weighted by Crippen LogP contribution is 2.45. The summed E-state index contributed by atoms with van der Waals surface area (Å²) in [5.41, 5.74) is 6.07. The Bertz CT molecular complexity index is 2150. The molecule has 0 amide bonds. The number of aromatic nitrogens is 1. The summed E-state index contributed by atoms with van der Waals surface area (Å²) in [5, 5.41) is 5.98. The molecule has 0 aliphatic heterocycles. The molecule has 1 aromatic heterocycles. The number of para-hydroxylation sites is 2. The van der Waals surface area contributed by atoms with Crippen LogP contribution in [0, 0.1) is 11.6 Å². The molecule has 0 aliphatic carbocycles. The molecular weight excluding hydrogens is 508 g/mol. The maximum Gasteiger partial charge on any atom is 0.134 e. The topological polar surface area (TPSA) is 4.93 Å². The van der Waals surface area contributed by atoms with E-state index in [0.717, 1.165) is 49.4 Å². The predicted molar refractivity (Wildman–Crippen MR) is 167 cm³/mol. The Morgan fingerprint density at radius 1 is 0.341 bits per heavy atom. The van der Waals surface area contributed by atoms with Gasteiger partial charge in [-0.3, -0.25) is 0 Å². The Hall–Kier alpha value is -5.28. The van der Waals surface area contributed by atoms with Crippen molar-refractivity contribution in [2.24, 2.45) is 0 Å². The second-order valence-corrected chi connectivity index (χ2v) is 10.4. The van der Waals surface area contributed by atoms with Gasteiger partial charge in [0.2, 0.25) is 0 Å². The molecule has 0 bridgehead atoms. The lowest BCUT2D eigenvalue weighted by Crippen LogP contribution is -1.96. The summed E-state index contributed by atoms with van der Waals surface area (Å²) >= 11 is 0. The highest BCUT2D eigenvalue weighted by molar-refractivity contribution is 6.21. The number of fused-ring (bicyclic) bond motifs is 5. The van der Waals surface area contributed by atoms with Gasteiger partial charge in [0.15, 0.2) is 0 Å². The monoisotopic (exact) mass is 531 g/mol. The van der Waals surface area contributed by atoms with Crippen molar-refractivity contribution in [3.05, 3.63) is 151 Å². The van der Waals surface area contributed by atoms with Gasteiger partial charge in [-0.15, -0.1) is 0 Å². The molecule has 8 rings (SSSR count). The van der Waals surface area contributed by atoms with Gasteiger partial charge in [-0.2, -0.15) is 0 Å². The lowest BCUT2D eigenvalue weighted by Gasteiger charge is -2.18. The molecule has 0 fully saturated rings. The van der Waals surface area contributed by atoms with Crippen LogP contribution in [0.5, 0.6) is 0 Å². The molecule has 0 saturated heterocycles. The van der Waals surface area contributed by atoms with Gasteiger partial charge in [-0.05, 0) is 69.1 Å². The van der Waals surface area contributed by atoms with Crippen LogP contribution in [0.25, 0.3) is 71.3 Å². The molecule has 194 valence electrons. The summed E-state index contributed by atoms with van der Waals surface area (Å²) < 4.78 is 32.6. The maximum absolute atomic E-state index is 15.2. The number of nitrogens with zero attached hydrogens (tertiary/aromatic N) is 1. The van der Waals surface area contributed by atoms with Crippen LogP contribution in [-0.2, 0) is 0 Å². The van der Waals surface area contributed by atoms with Crippen molar-refractivity contribution in [1.29, 1.82) is 0 Å². The van der Waals surface area contributed by atoms with E-state index in [4.69, 9.17) is 0 Å². The van der Waals surface area contributed by atoms with E-state index in [1.807, 2.05) is 48.5 Å². The highest BCUT2D eigenvalue weighted by atomic mass is 19.1. The highest BCUT2D eigenvalue weighted by Gasteiger charge is 2.21. The van der Waals surface area contributed by atoms with Gasteiger partial charge < -0.3 is 4.57 Å². The third-order valence-electron chi connectivity index (χ3n) is 8.14. The Labute approximate surface area is 235 Å². The fourth-order valence-electron chi connectivity index (χ4n) is 6.42. The van der Waals surface area contributed by atoms with E-state index in [9.17, 15) is 0 Å². The number of hydrogen-bond donors (Lipinski definition) is 0. The molecule has 1 heterocycles. The van der Waals surface area contributed by atoms with Crippen LogP contribution in [0.2, 0.25) is 0 Å². The van der Waals surface area contributed by atoms with Crippen LogP contribution >= 0.6 is 0 Å². The third kappa shape index (κ3) is 3.52. The van der Waals surface area contributed by atoms with Gasteiger partial charge in [0, 0.05) is 22.0 Å². The first-order valence-corrected chi connectivity index (χ1v) is 13.7. The predicted octanol–water partition coefficient (Wildman–Crippen LogP) is 10.7. The first-order valence-electron chi connectivity index (χ1n) is 13.7. The Balaban J connectivity index is 1.39. The second-order valence-electron chi connectivity index (χ2n) is 10.4. The summed E-state index contributed by atoms with van der Waals surface area (Å²) in [6.45, 7) is 0. The van der Waals surface area contributed by atoms with Crippen LogP contribution in [0.4, 0.5) is 8.78 Å². The number of hydrogen-bond acceptors (Lipinski definition) is 0.